The zero-order valence-electron chi connectivity index (χ0n) is 18.2. The number of halogens is 1. The monoisotopic (exact) mass is 448 g/mol. The summed E-state index contributed by atoms with van der Waals surface area (Å²) in [6, 6.07) is 21.5. The molecule has 0 aromatic heterocycles. The van der Waals surface area contributed by atoms with Crippen LogP contribution in [0.25, 0.3) is 0 Å². The highest BCUT2D eigenvalue weighted by Crippen LogP contribution is 2.35. The zero-order chi connectivity index (χ0) is 23.2. The smallest absolute Gasteiger partial charge is 0.253 e. The number of anilines is 1. The maximum absolute atomic E-state index is 14.1. The fraction of sp³-hybridized carbons (Fsp3) is 0.231. The molecule has 2 atom stereocenters. The molecular weight excluding hydrogens is 423 g/mol. The molecule has 170 valence electrons. The Hall–Kier alpha value is -3.71. The molecule has 1 fully saturated rings. The van der Waals surface area contributed by atoms with Crippen LogP contribution in [-0.2, 0) is 20.9 Å². The molecule has 3 aromatic carbocycles. The quantitative estimate of drug-likeness (QED) is 0.593. The van der Waals surface area contributed by atoms with Crippen LogP contribution in [-0.4, -0.2) is 31.1 Å². The van der Waals surface area contributed by atoms with Crippen molar-refractivity contribution >= 4 is 17.5 Å². The van der Waals surface area contributed by atoms with Gasteiger partial charge in [0.2, 0.25) is 0 Å². The zero-order valence-corrected chi connectivity index (χ0v) is 18.2. The van der Waals surface area contributed by atoms with Crippen molar-refractivity contribution in [3.63, 3.8) is 0 Å². The number of hydrogen-bond acceptors (Lipinski definition) is 4. The first kappa shape index (κ1) is 22.5. The van der Waals surface area contributed by atoms with Crippen LogP contribution in [0.5, 0.6) is 5.75 Å². The topological polar surface area (TPSA) is 67.9 Å². The standard InChI is InChI=1S/C26H25FN2O4/c1-2-32-22-13-6-8-18(14-22)16-28-26(31)25-24(19-9-7-10-20(27)15-19)29(23(30)17-33-25)21-11-4-3-5-12-21/h3-15,24-25H,2,16-17H2,1H3,(H,28,31)/t24-,25+/m1/s1. The molecular formula is C26H25FN2O4. The van der Waals surface area contributed by atoms with E-state index in [0.717, 1.165) is 11.3 Å². The van der Waals surface area contributed by atoms with Crippen LogP contribution in [0.3, 0.4) is 0 Å². The van der Waals surface area contributed by atoms with Crippen LogP contribution in [0.15, 0.2) is 78.9 Å². The lowest BCUT2D eigenvalue weighted by Gasteiger charge is -2.40. The molecule has 33 heavy (non-hydrogen) atoms. The molecule has 7 heteroatoms. The highest BCUT2D eigenvalue weighted by molar-refractivity contribution is 5.98. The van der Waals surface area contributed by atoms with Gasteiger partial charge < -0.3 is 14.8 Å². The maximum Gasteiger partial charge on any atom is 0.253 e. The molecule has 0 aliphatic carbocycles. The number of nitrogens with zero attached hydrogens (tertiary/aromatic N) is 1. The van der Waals surface area contributed by atoms with Gasteiger partial charge in [-0.1, -0.05) is 42.5 Å². The second kappa shape index (κ2) is 10.3. The molecule has 0 saturated carbocycles. The second-order valence-electron chi connectivity index (χ2n) is 7.63. The van der Waals surface area contributed by atoms with Crippen LogP contribution in [0.4, 0.5) is 10.1 Å². The Balaban J connectivity index is 1.61. The third kappa shape index (κ3) is 5.21. The van der Waals surface area contributed by atoms with Crippen LogP contribution >= 0.6 is 0 Å². The molecule has 4 rings (SSSR count). The Morgan fingerprint density at radius 3 is 2.64 bits per heavy atom. The lowest BCUT2D eigenvalue weighted by atomic mass is 9.96. The number of para-hydroxylation sites is 1. The summed E-state index contributed by atoms with van der Waals surface area (Å²) in [5, 5.41) is 2.89. The fourth-order valence-corrected chi connectivity index (χ4v) is 3.94. The minimum absolute atomic E-state index is 0.251. The van der Waals surface area contributed by atoms with Gasteiger partial charge >= 0.3 is 0 Å². The van der Waals surface area contributed by atoms with Crippen molar-refractivity contribution in [2.45, 2.75) is 25.6 Å². The van der Waals surface area contributed by atoms with Crippen LogP contribution in [0.2, 0.25) is 0 Å². The summed E-state index contributed by atoms with van der Waals surface area (Å²) < 4.78 is 25.3. The minimum atomic E-state index is -1.01. The molecule has 1 N–H and O–H groups in total. The summed E-state index contributed by atoms with van der Waals surface area (Å²) in [4.78, 5) is 27.6. The van der Waals surface area contributed by atoms with Crippen molar-refractivity contribution in [3.8, 4) is 5.75 Å². The van der Waals surface area contributed by atoms with Crippen molar-refractivity contribution in [1.29, 1.82) is 0 Å². The predicted molar refractivity (Wildman–Crippen MR) is 122 cm³/mol. The van der Waals surface area contributed by atoms with E-state index in [1.54, 1.807) is 36.4 Å². The van der Waals surface area contributed by atoms with Crippen molar-refractivity contribution in [2.24, 2.45) is 0 Å². The fourth-order valence-electron chi connectivity index (χ4n) is 3.94. The van der Waals surface area contributed by atoms with Gasteiger partial charge in [-0.2, -0.15) is 0 Å². The van der Waals surface area contributed by atoms with Crippen molar-refractivity contribution in [1.82, 2.24) is 5.32 Å². The van der Waals surface area contributed by atoms with E-state index >= 15 is 0 Å². The Morgan fingerprint density at radius 1 is 1.09 bits per heavy atom. The van der Waals surface area contributed by atoms with E-state index in [0.29, 0.717) is 17.9 Å². The molecule has 0 spiro atoms. The van der Waals surface area contributed by atoms with Crippen LogP contribution in [0, 0.1) is 5.82 Å². The Morgan fingerprint density at radius 2 is 1.88 bits per heavy atom. The first-order valence-corrected chi connectivity index (χ1v) is 10.8. The van der Waals surface area contributed by atoms with Gasteiger partial charge in [0, 0.05) is 12.2 Å². The summed E-state index contributed by atoms with van der Waals surface area (Å²) in [5.74, 6) is -0.425. The average molecular weight is 448 g/mol. The van der Waals surface area contributed by atoms with E-state index in [1.807, 2.05) is 37.3 Å². The van der Waals surface area contributed by atoms with Crippen molar-refractivity contribution in [2.75, 3.05) is 18.1 Å². The van der Waals surface area contributed by atoms with E-state index < -0.39 is 18.0 Å². The normalized spacial score (nSPS) is 18.1. The number of morpholine rings is 1. The third-order valence-corrected chi connectivity index (χ3v) is 5.38. The number of carbonyl (C=O) groups is 2. The number of hydrogen-bond donors (Lipinski definition) is 1. The van der Waals surface area contributed by atoms with E-state index in [4.69, 9.17) is 9.47 Å². The Kier molecular flexibility index (Phi) is 7.00. The van der Waals surface area contributed by atoms with Crippen LogP contribution in [0.1, 0.15) is 24.1 Å². The first-order valence-electron chi connectivity index (χ1n) is 10.8. The van der Waals surface area contributed by atoms with Gasteiger partial charge in [-0.15, -0.1) is 0 Å². The summed E-state index contributed by atoms with van der Waals surface area (Å²) in [6.07, 6.45) is -1.01. The molecule has 1 aliphatic heterocycles. The molecule has 1 heterocycles. The summed E-state index contributed by atoms with van der Waals surface area (Å²) in [6.45, 7) is 2.46. The van der Waals surface area contributed by atoms with E-state index in [1.165, 1.54) is 17.0 Å². The summed E-state index contributed by atoms with van der Waals surface area (Å²) >= 11 is 0. The number of nitrogens with one attached hydrogen (secondary N) is 1. The largest absolute Gasteiger partial charge is 0.494 e. The Labute approximate surface area is 191 Å². The number of benzene rings is 3. The van der Waals surface area contributed by atoms with Gasteiger partial charge in [0.05, 0.1) is 12.6 Å². The van der Waals surface area contributed by atoms with Gasteiger partial charge in [-0.3, -0.25) is 14.5 Å². The molecule has 2 amide bonds. The molecule has 0 radical (unpaired) electrons. The molecule has 3 aromatic rings. The summed E-state index contributed by atoms with van der Waals surface area (Å²) in [5.41, 5.74) is 1.95. The van der Waals surface area contributed by atoms with Gasteiger partial charge in [0.15, 0.2) is 6.10 Å². The van der Waals surface area contributed by atoms with Gasteiger partial charge in [-0.05, 0) is 54.4 Å². The summed E-state index contributed by atoms with van der Waals surface area (Å²) in [7, 11) is 0. The number of rotatable bonds is 7. The van der Waals surface area contributed by atoms with Gasteiger partial charge in [0.1, 0.15) is 18.2 Å². The molecule has 6 nitrogen and oxygen atoms in total. The number of amides is 2. The van der Waals surface area contributed by atoms with Crippen LogP contribution < -0.4 is 15.0 Å². The molecule has 0 unspecified atom stereocenters. The highest BCUT2D eigenvalue weighted by Gasteiger charge is 2.42. The average Bonchev–Trinajstić information content (AvgIpc) is 2.83. The lowest BCUT2D eigenvalue weighted by molar-refractivity contribution is -0.144. The highest BCUT2D eigenvalue weighted by atomic mass is 19.1. The van der Waals surface area contributed by atoms with E-state index in [-0.39, 0.29) is 25.0 Å². The van der Waals surface area contributed by atoms with Crippen molar-refractivity contribution < 1.29 is 23.5 Å². The maximum atomic E-state index is 14.1. The predicted octanol–water partition coefficient (Wildman–Crippen LogP) is 4.01. The second-order valence-corrected chi connectivity index (χ2v) is 7.63. The Bertz CT molecular complexity index is 1120. The molecule has 1 aliphatic rings. The number of carbonyl (C=O) groups excluding carboxylic acids is 2. The number of ether oxygens (including phenoxy) is 2. The molecule has 1 saturated heterocycles. The van der Waals surface area contributed by atoms with E-state index in [9.17, 15) is 14.0 Å². The lowest BCUT2D eigenvalue weighted by Crippen LogP contribution is -2.54. The third-order valence-electron chi connectivity index (χ3n) is 5.38. The SMILES string of the molecule is CCOc1cccc(CNC(=O)[C@H]2OCC(=O)N(c3ccccc3)[C@@H]2c2cccc(F)c2)c1. The van der Waals surface area contributed by atoms with Gasteiger partial charge in [-0.25, -0.2) is 4.39 Å². The van der Waals surface area contributed by atoms with Gasteiger partial charge in [0.25, 0.3) is 11.8 Å². The van der Waals surface area contributed by atoms with Crippen molar-refractivity contribution in [3.05, 3.63) is 95.8 Å². The first-order chi connectivity index (χ1) is 16.1. The van der Waals surface area contributed by atoms with E-state index in [2.05, 4.69) is 5.32 Å². The molecule has 0 bridgehead atoms. The minimum Gasteiger partial charge on any atom is -0.494 e.